The summed E-state index contributed by atoms with van der Waals surface area (Å²) in [6.45, 7) is 6.74. The minimum Gasteiger partial charge on any atom is -0.384 e. The molecule has 0 fully saturated rings. The fraction of sp³-hybridized carbons (Fsp3) is 0.750. The lowest BCUT2D eigenvalue weighted by Crippen LogP contribution is -2.04. The van der Waals surface area contributed by atoms with Crippen molar-refractivity contribution < 1.29 is 0 Å². The van der Waals surface area contributed by atoms with Crippen molar-refractivity contribution in [2.45, 2.75) is 46.0 Å². The molecule has 0 bridgehead atoms. The van der Waals surface area contributed by atoms with Crippen LogP contribution in [0.4, 0.5) is 5.82 Å². The Balaban J connectivity index is 2.78. The Labute approximate surface area is 92.7 Å². The number of hydrogen-bond donors (Lipinski definition) is 1. The van der Waals surface area contributed by atoms with Crippen LogP contribution in [0.2, 0.25) is 0 Å². The van der Waals surface area contributed by atoms with Crippen molar-refractivity contribution >= 4 is 5.82 Å². The van der Waals surface area contributed by atoms with Crippen LogP contribution in [-0.4, -0.2) is 9.78 Å². The average Bonchev–Trinajstić information content (AvgIpc) is 2.46. The van der Waals surface area contributed by atoms with Gasteiger partial charge < -0.3 is 5.73 Å². The maximum absolute atomic E-state index is 5.81. The lowest BCUT2D eigenvalue weighted by molar-refractivity contribution is 0.461. The van der Waals surface area contributed by atoms with Crippen LogP contribution in [0, 0.1) is 5.92 Å². The third-order valence-electron chi connectivity index (χ3n) is 2.75. The lowest BCUT2D eigenvalue weighted by atomic mass is 9.90. The molecule has 0 aliphatic rings. The van der Waals surface area contributed by atoms with E-state index in [-0.39, 0.29) is 0 Å². The Kier molecular flexibility index (Phi) is 4.18. The van der Waals surface area contributed by atoms with Gasteiger partial charge in [-0.3, -0.25) is 4.68 Å². The maximum atomic E-state index is 5.81. The van der Waals surface area contributed by atoms with E-state index >= 15 is 0 Å². The molecule has 1 aromatic heterocycles. The van der Waals surface area contributed by atoms with E-state index < -0.39 is 0 Å². The molecule has 1 rings (SSSR count). The fourth-order valence-corrected chi connectivity index (χ4v) is 2.01. The summed E-state index contributed by atoms with van der Waals surface area (Å²) in [5.74, 6) is 2.04. The van der Waals surface area contributed by atoms with E-state index in [2.05, 4.69) is 25.9 Å². The van der Waals surface area contributed by atoms with Crippen molar-refractivity contribution in [3.05, 3.63) is 11.8 Å². The molecule has 86 valence electrons. The van der Waals surface area contributed by atoms with Crippen LogP contribution in [0.25, 0.3) is 0 Å². The highest BCUT2D eigenvalue weighted by Crippen LogP contribution is 2.28. The number of nitrogens with zero attached hydrogens (tertiary/aromatic N) is 2. The van der Waals surface area contributed by atoms with E-state index in [1.165, 1.54) is 19.3 Å². The molecule has 3 heteroatoms. The standard InChI is InChI=1S/C12H23N3/c1-5-6-10(7-9(2)3)11-8-12(13)15(4)14-11/h8-10H,5-7,13H2,1-4H3. The van der Waals surface area contributed by atoms with Gasteiger partial charge in [0.15, 0.2) is 0 Å². The van der Waals surface area contributed by atoms with Gasteiger partial charge in [-0.25, -0.2) is 0 Å². The van der Waals surface area contributed by atoms with Gasteiger partial charge >= 0.3 is 0 Å². The number of aromatic nitrogens is 2. The topological polar surface area (TPSA) is 43.8 Å². The van der Waals surface area contributed by atoms with Crippen molar-refractivity contribution in [1.29, 1.82) is 0 Å². The molecule has 3 nitrogen and oxygen atoms in total. The second-order valence-corrected chi connectivity index (χ2v) is 4.73. The molecule has 15 heavy (non-hydrogen) atoms. The number of nitrogen functional groups attached to an aromatic ring is 1. The van der Waals surface area contributed by atoms with Gasteiger partial charge in [0.2, 0.25) is 0 Å². The highest BCUT2D eigenvalue weighted by atomic mass is 15.3. The third-order valence-corrected chi connectivity index (χ3v) is 2.75. The van der Waals surface area contributed by atoms with Crippen LogP contribution in [0.5, 0.6) is 0 Å². The summed E-state index contributed by atoms with van der Waals surface area (Å²) in [6, 6.07) is 2.02. The molecule has 0 radical (unpaired) electrons. The molecular formula is C12H23N3. The van der Waals surface area contributed by atoms with E-state index in [0.29, 0.717) is 11.8 Å². The molecule has 0 aromatic carbocycles. The number of aryl methyl sites for hydroxylation is 1. The highest BCUT2D eigenvalue weighted by Gasteiger charge is 2.16. The first-order chi connectivity index (χ1) is 7.04. The highest BCUT2D eigenvalue weighted by molar-refractivity contribution is 5.31. The quantitative estimate of drug-likeness (QED) is 0.810. The van der Waals surface area contributed by atoms with E-state index in [1.807, 2.05) is 13.1 Å². The molecule has 0 aliphatic heterocycles. The van der Waals surface area contributed by atoms with Crippen LogP contribution >= 0.6 is 0 Å². The summed E-state index contributed by atoms with van der Waals surface area (Å²) in [7, 11) is 1.90. The van der Waals surface area contributed by atoms with Gasteiger partial charge in [0.1, 0.15) is 5.82 Å². The predicted octanol–water partition coefficient (Wildman–Crippen LogP) is 2.93. The predicted molar refractivity (Wildman–Crippen MR) is 64.7 cm³/mol. The number of rotatable bonds is 5. The van der Waals surface area contributed by atoms with Gasteiger partial charge in [-0.1, -0.05) is 27.2 Å². The van der Waals surface area contributed by atoms with Gasteiger partial charge in [-0.15, -0.1) is 0 Å². The molecule has 1 unspecified atom stereocenters. The first-order valence-electron chi connectivity index (χ1n) is 5.84. The molecule has 0 aliphatic carbocycles. The Morgan fingerprint density at radius 2 is 2.13 bits per heavy atom. The van der Waals surface area contributed by atoms with Gasteiger partial charge in [0.25, 0.3) is 0 Å². The molecular weight excluding hydrogens is 186 g/mol. The minimum atomic E-state index is 0.568. The third kappa shape index (κ3) is 3.26. The lowest BCUT2D eigenvalue weighted by Gasteiger charge is -2.15. The Bertz CT molecular complexity index is 282. The number of anilines is 1. The van der Waals surface area contributed by atoms with E-state index in [1.54, 1.807) is 4.68 Å². The Hall–Kier alpha value is -0.990. The summed E-state index contributed by atoms with van der Waals surface area (Å²) in [6.07, 6.45) is 3.60. The van der Waals surface area contributed by atoms with Gasteiger partial charge in [0, 0.05) is 19.0 Å². The summed E-state index contributed by atoms with van der Waals surface area (Å²) < 4.78 is 1.76. The number of hydrogen-bond acceptors (Lipinski definition) is 2. The second kappa shape index (κ2) is 5.19. The zero-order chi connectivity index (χ0) is 11.4. The van der Waals surface area contributed by atoms with Crippen LogP contribution in [0.3, 0.4) is 0 Å². The van der Waals surface area contributed by atoms with Gasteiger partial charge in [0.05, 0.1) is 5.69 Å². The van der Waals surface area contributed by atoms with Crippen molar-refractivity contribution in [2.75, 3.05) is 5.73 Å². The molecule has 2 N–H and O–H groups in total. The van der Waals surface area contributed by atoms with Crippen LogP contribution < -0.4 is 5.73 Å². The first kappa shape index (κ1) is 12.1. The maximum Gasteiger partial charge on any atom is 0.121 e. The molecule has 0 saturated heterocycles. The van der Waals surface area contributed by atoms with Crippen LogP contribution in [0.1, 0.15) is 51.6 Å². The summed E-state index contributed by atoms with van der Waals surface area (Å²) in [4.78, 5) is 0. The summed E-state index contributed by atoms with van der Waals surface area (Å²) in [5, 5.41) is 4.47. The van der Waals surface area contributed by atoms with Crippen LogP contribution in [0.15, 0.2) is 6.07 Å². The fourth-order valence-electron chi connectivity index (χ4n) is 2.01. The monoisotopic (exact) mass is 209 g/mol. The first-order valence-corrected chi connectivity index (χ1v) is 5.84. The van der Waals surface area contributed by atoms with E-state index in [9.17, 15) is 0 Å². The Morgan fingerprint density at radius 3 is 2.53 bits per heavy atom. The van der Waals surface area contributed by atoms with E-state index in [4.69, 9.17) is 5.73 Å². The van der Waals surface area contributed by atoms with Crippen molar-refractivity contribution in [1.82, 2.24) is 9.78 Å². The molecule has 0 amide bonds. The van der Waals surface area contributed by atoms with Crippen molar-refractivity contribution in [3.8, 4) is 0 Å². The van der Waals surface area contributed by atoms with Gasteiger partial charge in [-0.05, 0) is 18.8 Å². The molecule has 1 atom stereocenters. The zero-order valence-electron chi connectivity index (χ0n) is 10.3. The SMILES string of the molecule is CCCC(CC(C)C)c1cc(N)n(C)n1. The van der Waals surface area contributed by atoms with Crippen molar-refractivity contribution in [2.24, 2.45) is 13.0 Å². The molecule has 1 heterocycles. The summed E-state index contributed by atoms with van der Waals surface area (Å²) in [5.41, 5.74) is 6.96. The van der Waals surface area contributed by atoms with E-state index in [0.717, 1.165) is 11.5 Å². The van der Waals surface area contributed by atoms with Crippen molar-refractivity contribution in [3.63, 3.8) is 0 Å². The zero-order valence-corrected chi connectivity index (χ0v) is 10.3. The molecule has 0 saturated carbocycles. The normalized spacial score (nSPS) is 13.4. The minimum absolute atomic E-state index is 0.568. The molecule has 0 spiro atoms. The summed E-state index contributed by atoms with van der Waals surface area (Å²) >= 11 is 0. The average molecular weight is 209 g/mol. The Morgan fingerprint density at radius 1 is 1.47 bits per heavy atom. The second-order valence-electron chi connectivity index (χ2n) is 4.73. The van der Waals surface area contributed by atoms with Gasteiger partial charge in [-0.2, -0.15) is 5.10 Å². The smallest absolute Gasteiger partial charge is 0.121 e. The molecule has 1 aromatic rings. The largest absolute Gasteiger partial charge is 0.384 e. The van der Waals surface area contributed by atoms with Crippen LogP contribution in [-0.2, 0) is 7.05 Å². The number of nitrogens with two attached hydrogens (primary N) is 1.